The molecule has 4 nitrogen and oxygen atoms in total. The zero-order valence-electron chi connectivity index (χ0n) is 14.6. The number of aromatic amines is 1. The summed E-state index contributed by atoms with van der Waals surface area (Å²) in [6.07, 6.45) is 7.78. The normalized spacial score (nSPS) is 16.0. The molecule has 0 radical (unpaired) electrons. The highest BCUT2D eigenvalue weighted by Gasteiger charge is 2.17. The summed E-state index contributed by atoms with van der Waals surface area (Å²) in [5.41, 5.74) is 1.54. The Kier molecular flexibility index (Phi) is 5.13. The van der Waals surface area contributed by atoms with Crippen molar-refractivity contribution in [1.82, 2.24) is 9.97 Å². The molecule has 0 bridgehead atoms. The van der Waals surface area contributed by atoms with Gasteiger partial charge in [0.2, 0.25) is 0 Å². The molecule has 1 aliphatic rings. The van der Waals surface area contributed by atoms with Crippen molar-refractivity contribution in [2.75, 3.05) is 0 Å². The van der Waals surface area contributed by atoms with Gasteiger partial charge in [-0.1, -0.05) is 25.0 Å². The summed E-state index contributed by atoms with van der Waals surface area (Å²) < 4.78 is 13.2. The van der Waals surface area contributed by atoms with Gasteiger partial charge in [0.15, 0.2) is 5.82 Å². The molecule has 1 aromatic carbocycles. The van der Waals surface area contributed by atoms with Gasteiger partial charge in [0, 0.05) is 10.9 Å². The number of hydrogen-bond acceptors (Lipinski definition) is 3. The Bertz CT molecular complexity index is 940. The zero-order chi connectivity index (χ0) is 17.9. The van der Waals surface area contributed by atoms with E-state index in [-0.39, 0.29) is 11.4 Å². The number of rotatable bonds is 4. The van der Waals surface area contributed by atoms with Crippen LogP contribution in [0.1, 0.15) is 44.3 Å². The number of halogens is 1. The molecule has 1 aliphatic carbocycles. The largest absolute Gasteiger partial charge is 0.338 e. The monoisotopic (exact) mass is 372 g/mol. The van der Waals surface area contributed by atoms with E-state index in [0.29, 0.717) is 18.0 Å². The van der Waals surface area contributed by atoms with Crippen LogP contribution in [0.4, 0.5) is 4.39 Å². The van der Waals surface area contributed by atoms with Crippen molar-refractivity contribution in [1.29, 1.82) is 0 Å². The van der Waals surface area contributed by atoms with Gasteiger partial charge in [-0.15, -0.1) is 11.3 Å². The van der Waals surface area contributed by atoms with Crippen molar-refractivity contribution in [2.24, 2.45) is 0 Å². The summed E-state index contributed by atoms with van der Waals surface area (Å²) in [6, 6.07) is 6.86. The maximum absolute atomic E-state index is 13.2. The van der Waals surface area contributed by atoms with Gasteiger partial charge in [-0.25, -0.2) is 9.37 Å². The molecule has 0 amide bonds. The Morgan fingerprint density at radius 1 is 1.15 bits per heavy atom. The lowest BCUT2D eigenvalue weighted by Crippen LogP contribution is -2.88. The molecule has 136 valence electrons. The zero-order valence-corrected chi connectivity index (χ0v) is 15.4. The maximum atomic E-state index is 13.2. The van der Waals surface area contributed by atoms with Crippen LogP contribution < -0.4 is 10.9 Å². The molecule has 0 spiro atoms. The third-order valence-electron chi connectivity index (χ3n) is 5.19. The van der Waals surface area contributed by atoms with E-state index < -0.39 is 0 Å². The smallest absolute Gasteiger partial charge is 0.260 e. The van der Waals surface area contributed by atoms with Crippen LogP contribution in [0.3, 0.4) is 0 Å². The van der Waals surface area contributed by atoms with Crippen LogP contribution in [-0.4, -0.2) is 16.0 Å². The Hall–Kier alpha value is -2.05. The molecule has 2 heterocycles. The van der Waals surface area contributed by atoms with Gasteiger partial charge in [-0.05, 0) is 43.4 Å². The predicted molar refractivity (Wildman–Crippen MR) is 103 cm³/mol. The number of nitrogens with zero attached hydrogens (tertiary/aromatic N) is 1. The van der Waals surface area contributed by atoms with Crippen molar-refractivity contribution in [3.8, 4) is 11.1 Å². The topological polar surface area (TPSA) is 62.4 Å². The van der Waals surface area contributed by atoms with E-state index in [0.717, 1.165) is 21.8 Å². The number of nitrogens with one attached hydrogen (secondary N) is 1. The number of aromatic nitrogens is 2. The minimum atomic E-state index is -0.281. The molecule has 1 saturated carbocycles. The Morgan fingerprint density at radius 3 is 2.62 bits per heavy atom. The summed E-state index contributed by atoms with van der Waals surface area (Å²) >= 11 is 1.47. The summed E-state index contributed by atoms with van der Waals surface area (Å²) in [6.45, 7) is 0.708. The van der Waals surface area contributed by atoms with Gasteiger partial charge in [0.25, 0.3) is 5.56 Å². The fourth-order valence-electron chi connectivity index (χ4n) is 3.76. The molecule has 0 unspecified atom stereocenters. The van der Waals surface area contributed by atoms with Crippen LogP contribution in [0.25, 0.3) is 21.3 Å². The molecule has 0 aliphatic heterocycles. The van der Waals surface area contributed by atoms with Gasteiger partial charge in [0.05, 0.1) is 11.4 Å². The highest BCUT2D eigenvalue weighted by molar-refractivity contribution is 7.17. The molecule has 1 fully saturated rings. The fourth-order valence-corrected chi connectivity index (χ4v) is 4.72. The number of hydrogen-bond donors (Lipinski definition) is 2. The van der Waals surface area contributed by atoms with Crippen LogP contribution in [0.5, 0.6) is 0 Å². The third kappa shape index (κ3) is 3.71. The lowest BCUT2D eigenvalue weighted by molar-refractivity contribution is -0.706. The second-order valence-electron chi connectivity index (χ2n) is 7.04. The van der Waals surface area contributed by atoms with Crippen molar-refractivity contribution in [2.45, 2.75) is 51.1 Å². The van der Waals surface area contributed by atoms with Crippen molar-refractivity contribution < 1.29 is 9.71 Å². The van der Waals surface area contributed by atoms with Crippen LogP contribution in [-0.2, 0) is 6.54 Å². The summed E-state index contributed by atoms with van der Waals surface area (Å²) in [5, 5.41) is 4.85. The van der Waals surface area contributed by atoms with Gasteiger partial charge in [0.1, 0.15) is 17.2 Å². The maximum Gasteiger partial charge on any atom is 0.260 e. The highest BCUT2D eigenvalue weighted by Crippen LogP contribution is 2.30. The predicted octanol–water partition coefficient (Wildman–Crippen LogP) is 3.58. The molecule has 4 rings (SSSR count). The Balaban J connectivity index is 1.57. The summed E-state index contributed by atoms with van der Waals surface area (Å²) in [5.74, 6) is 0.455. The summed E-state index contributed by atoms with van der Waals surface area (Å²) in [7, 11) is 0. The van der Waals surface area contributed by atoms with Gasteiger partial charge < -0.3 is 10.3 Å². The minimum Gasteiger partial charge on any atom is -0.338 e. The molecule has 2 aromatic heterocycles. The first kappa shape index (κ1) is 17.4. The van der Waals surface area contributed by atoms with Crippen LogP contribution in [0.15, 0.2) is 34.4 Å². The highest BCUT2D eigenvalue weighted by atomic mass is 32.1. The lowest BCUT2D eigenvalue weighted by atomic mass is 10.1. The number of H-pyrrole nitrogens is 1. The first-order valence-electron chi connectivity index (χ1n) is 9.30. The fraction of sp³-hybridized carbons (Fsp3) is 0.400. The molecule has 3 N–H and O–H groups in total. The Labute approximate surface area is 155 Å². The number of fused-ring (bicyclic) bond motifs is 1. The SMILES string of the molecule is O=c1[nH]c(C[NH2+]C2CCCCCC2)nc2scc(-c3ccc(F)cc3)c12. The molecule has 0 atom stereocenters. The van der Waals surface area contributed by atoms with E-state index in [2.05, 4.69) is 15.3 Å². The average Bonchev–Trinajstić information content (AvgIpc) is 2.89. The minimum absolute atomic E-state index is 0.111. The van der Waals surface area contributed by atoms with E-state index in [1.54, 1.807) is 12.1 Å². The third-order valence-corrected chi connectivity index (χ3v) is 6.06. The first-order chi connectivity index (χ1) is 12.7. The van der Waals surface area contributed by atoms with Gasteiger partial charge in [-0.3, -0.25) is 4.79 Å². The number of quaternary nitrogens is 1. The van der Waals surface area contributed by atoms with Crippen LogP contribution >= 0.6 is 11.3 Å². The number of benzene rings is 1. The molecular formula is C20H23FN3OS+. The lowest BCUT2D eigenvalue weighted by Gasteiger charge is -2.12. The molecule has 3 aromatic rings. The number of thiophene rings is 1. The molecular weight excluding hydrogens is 349 g/mol. The quantitative estimate of drug-likeness (QED) is 0.688. The molecule has 26 heavy (non-hydrogen) atoms. The van der Waals surface area contributed by atoms with Gasteiger partial charge >= 0.3 is 0 Å². The average molecular weight is 372 g/mol. The Morgan fingerprint density at radius 2 is 1.88 bits per heavy atom. The molecule has 0 saturated heterocycles. The van der Waals surface area contributed by atoms with Crippen molar-refractivity contribution in [3.63, 3.8) is 0 Å². The second kappa shape index (κ2) is 7.68. The van der Waals surface area contributed by atoms with E-state index >= 15 is 0 Å². The van der Waals surface area contributed by atoms with Crippen molar-refractivity contribution in [3.05, 3.63) is 51.6 Å². The number of nitrogens with two attached hydrogens (primary N) is 1. The van der Waals surface area contributed by atoms with Crippen molar-refractivity contribution >= 4 is 21.6 Å². The van der Waals surface area contributed by atoms with E-state index in [9.17, 15) is 9.18 Å². The summed E-state index contributed by atoms with van der Waals surface area (Å²) in [4.78, 5) is 21.0. The van der Waals surface area contributed by atoms with E-state index in [1.165, 1.54) is 62.0 Å². The van der Waals surface area contributed by atoms with Gasteiger partial charge in [-0.2, -0.15) is 0 Å². The second-order valence-corrected chi connectivity index (χ2v) is 7.90. The molecule has 6 heteroatoms. The van der Waals surface area contributed by atoms with Crippen LogP contribution in [0, 0.1) is 5.82 Å². The van der Waals surface area contributed by atoms with E-state index in [1.807, 2.05) is 5.38 Å². The standard InChI is InChI=1S/C20H22FN3OS/c21-14-9-7-13(8-10-14)16-12-26-20-18(16)19(25)23-17(24-20)11-22-15-5-3-1-2-4-6-15/h7-10,12,15,22H,1-6,11H2,(H,23,24,25)/p+1. The van der Waals surface area contributed by atoms with Crippen LogP contribution in [0.2, 0.25) is 0 Å². The van der Waals surface area contributed by atoms with E-state index in [4.69, 9.17) is 0 Å². The first-order valence-corrected chi connectivity index (χ1v) is 10.2.